The van der Waals surface area contributed by atoms with Crippen molar-refractivity contribution in [2.24, 2.45) is 7.05 Å². The third kappa shape index (κ3) is 4.24. The Balaban J connectivity index is 1.53. The summed E-state index contributed by atoms with van der Waals surface area (Å²) >= 11 is 0. The third-order valence-electron chi connectivity index (χ3n) is 5.19. The molecule has 2 saturated heterocycles. The highest BCUT2D eigenvalue weighted by atomic mass is 16.5. The zero-order chi connectivity index (χ0) is 18.5. The van der Waals surface area contributed by atoms with Crippen LogP contribution in [0.25, 0.3) is 0 Å². The number of carbonyl (C=O) groups excluding carboxylic acids is 2. The molecule has 2 amide bonds. The van der Waals surface area contributed by atoms with E-state index in [4.69, 9.17) is 4.74 Å². The molecule has 0 N–H and O–H groups in total. The molecule has 144 valence electrons. The van der Waals surface area contributed by atoms with Gasteiger partial charge in [0.15, 0.2) is 0 Å². The molecule has 2 aliphatic rings. The molecule has 2 fully saturated rings. The van der Waals surface area contributed by atoms with E-state index in [1.54, 1.807) is 10.9 Å². The molecule has 3 heterocycles. The molecule has 8 nitrogen and oxygen atoms in total. The van der Waals surface area contributed by atoms with E-state index < -0.39 is 0 Å². The van der Waals surface area contributed by atoms with Crippen molar-refractivity contribution in [3.8, 4) is 0 Å². The first kappa shape index (κ1) is 18.8. The molecule has 0 radical (unpaired) electrons. The Morgan fingerprint density at radius 1 is 1.27 bits per heavy atom. The molecule has 0 saturated carbocycles. The number of aromatic nitrogens is 2. The van der Waals surface area contributed by atoms with Crippen LogP contribution < -0.4 is 4.90 Å². The van der Waals surface area contributed by atoms with Crippen molar-refractivity contribution in [3.63, 3.8) is 0 Å². The van der Waals surface area contributed by atoms with Gasteiger partial charge in [0, 0.05) is 52.6 Å². The summed E-state index contributed by atoms with van der Waals surface area (Å²) in [5.74, 6) is 0.297. The Morgan fingerprint density at radius 2 is 2.04 bits per heavy atom. The van der Waals surface area contributed by atoms with E-state index in [0.29, 0.717) is 32.7 Å². The molecule has 0 unspecified atom stereocenters. The number of piperazine rings is 1. The molecule has 0 aromatic carbocycles. The second-order valence-corrected chi connectivity index (χ2v) is 6.88. The minimum atomic E-state index is -0.0929. The largest absolute Gasteiger partial charge is 0.381 e. The molecule has 8 heteroatoms. The number of nitrogens with zero attached hydrogens (tertiary/aromatic N) is 5. The first-order chi connectivity index (χ1) is 12.6. The third-order valence-corrected chi connectivity index (χ3v) is 5.19. The lowest BCUT2D eigenvalue weighted by molar-refractivity contribution is -0.135. The number of carbonyl (C=O) groups is 2. The lowest BCUT2D eigenvalue weighted by Crippen LogP contribution is -2.58. The minimum absolute atomic E-state index is 0.0929. The van der Waals surface area contributed by atoms with Crippen molar-refractivity contribution in [2.45, 2.75) is 32.2 Å². The van der Waals surface area contributed by atoms with Gasteiger partial charge in [0.25, 0.3) is 0 Å². The summed E-state index contributed by atoms with van der Waals surface area (Å²) in [6.07, 6.45) is 5.93. The van der Waals surface area contributed by atoms with Crippen LogP contribution >= 0.6 is 0 Å². The van der Waals surface area contributed by atoms with Gasteiger partial charge in [-0.3, -0.25) is 19.2 Å². The number of anilines is 1. The van der Waals surface area contributed by atoms with Crippen molar-refractivity contribution >= 4 is 17.5 Å². The monoisotopic (exact) mass is 363 g/mol. The molecule has 0 bridgehead atoms. The quantitative estimate of drug-likeness (QED) is 0.688. The zero-order valence-electron chi connectivity index (χ0n) is 15.8. The number of hydrogen-bond acceptors (Lipinski definition) is 5. The van der Waals surface area contributed by atoms with Crippen LogP contribution in [0.4, 0.5) is 5.69 Å². The first-order valence-electron chi connectivity index (χ1n) is 9.49. The Labute approximate surface area is 154 Å². The summed E-state index contributed by atoms with van der Waals surface area (Å²) in [7, 11) is 1.86. The predicted octanol–water partition coefficient (Wildman–Crippen LogP) is 0.486. The van der Waals surface area contributed by atoms with E-state index in [1.165, 1.54) is 0 Å². The van der Waals surface area contributed by atoms with E-state index in [2.05, 4.69) is 10.00 Å². The van der Waals surface area contributed by atoms with Crippen LogP contribution in [0.2, 0.25) is 0 Å². The maximum Gasteiger partial charge on any atom is 0.244 e. The fourth-order valence-electron chi connectivity index (χ4n) is 3.74. The van der Waals surface area contributed by atoms with Crippen molar-refractivity contribution < 1.29 is 14.3 Å². The standard InChI is InChI=1S/C18H29N5O3/c1-3-26-12-6-17(24)22-10-8-21(9-11-22)16-5-4-7-23(18(16)25)15-13-19-20(2)14-15/h13-14,16H,3-12H2,1-2H3/t16-/m1/s1. The second-order valence-electron chi connectivity index (χ2n) is 6.88. The smallest absolute Gasteiger partial charge is 0.244 e. The Morgan fingerprint density at radius 3 is 2.69 bits per heavy atom. The number of amides is 2. The topological polar surface area (TPSA) is 70.9 Å². The van der Waals surface area contributed by atoms with Crippen LogP contribution in [0.5, 0.6) is 0 Å². The molecular formula is C18H29N5O3. The average Bonchev–Trinajstić information content (AvgIpc) is 3.08. The SMILES string of the molecule is CCOCCC(=O)N1CCN([C@@H]2CCCN(c3cnn(C)c3)C2=O)CC1. The van der Waals surface area contributed by atoms with Gasteiger partial charge in [0.1, 0.15) is 0 Å². The van der Waals surface area contributed by atoms with E-state index in [0.717, 1.165) is 38.2 Å². The summed E-state index contributed by atoms with van der Waals surface area (Å²) < 4.78 is 6.99. The highest BCUT2D eigenvalue weighted by Crippen LogP contribution is 2.24. The first-order valence-corrected chi connectivity index (χ1v) is 9.49. The van der Waals surface area contributed by atoms with Gasteiger partial charge in [-0.25, -0.2) is 0 Å². The fourth-order valence-corrected chi connectivity index (χ4v) is 3.74. The summed E-state index contributed by atoms with van der Waals surface area (Å²) in [6, 6.07) is -0.0929. The molecule has 1 aromatic heterocycles. The predicted molar refractivity (Wildman–Crippen MR) is 97.8 cm³/mol. The Kier molecular flexibility index (Phi) is 6.26. The van der Waals surface area contributed by atoms with Gasteiger partial charge in [-0.15, -0.1) is 0 Å². The van der Waals surface area contributed by atoms with E-state index in [1.807, 2.05) is 30.0 Å². The van der Waals surface area contributed by atoms with Gasteiger partial charge >= 0.3 is 0 Å². The summed E-state index contributed by atoms with van der Waals surface area (Å²) in [4.78, 5) is 31.1. The van der Waals surface area contributed by atoms with Crippen molar-refractivity contribution in [2.75, 3.05) is 50.8 Å². The highest BCUT2D eigenvalue weighted by Gasteiger charge is 2.36. The number of piperidine rings is 1. The molecule has 0 aliphatic carbocycles. The zero-order valence-corrected chi connectivity index (χ0v) is 15.8. The molecule has 3 rings (SSSR count). The van der Waals surface area contributed by atoms with Gasteiger partial charge in [-0.2, -0.15) is 5.10 Å². The van der Waals surface area contributed by atoms with Gasteiger partial charge in [0.2, 0.25) is 11.8 Å². The van der Waals surface area contributed by atoms with Crippen LogP contribution in [0.3, 0.4) is 0 Å². The number of hydrogen-bond donors (Lipinski definition) is 0. The van der Waals surface area contributed by atoms with E-state index in [-0.39, 0.29) is 17.9 Å². The normalized spacial score (nSPS) is 22.1. The van der Waals surface area contributed by atoms with Crippen LogP contribution in [-0.2, 0) is 21.4 Å². The minimum Gasteiger partial charge on any atom is -0.381 e. The molecular weight excluding hydrogens is 334 g/mol. The second kappa shape index (κ2) is 8.64. The maximum atomic E-state index is 13.0. The summed E-state index contributed by atoms with van der Waals surface area (Å²) in [6.45, 7) is 6.66. The summed E-state index contributed by atoms with van der Waals surface area (Å²) in [5.41, 5.74) is 0.868. The van der Waals surface area contributed by atoms with Crippen molar-refractivity contribution in [3.05, 3.63) is 12.4 Å². The lowest BCUT2D eigenvalue weighted by atomic mass is 10.0. The van der Waals surface area contributed by atoms with Crippen LogP contribution in [0.1, 0.15) is 26.2 Å². The van der Waals surface area contributed by atoms with Crippen LogP contribution in [0, 0.1) is 0 Å². The molecule has 2 aliphatic heterocycles. The number of ether oxygens (including phenoxy) is 1. The highest BCUT2D eigenvalue weighted by molar-refractivity contribution is 5.97. The Hall–Kier alpha value is -1.93. The molecule has 1 aromatic rings. The van der Waals surface area contributed by atoms with E-state index in [9.17, 15) is 9.59 Å². The number of aryl methyl sites for hydroxylation is 1. The van der Waals surface area contributed by atoms with E-state index >= 15 is 0 Å². The van der Waals surface area contributed by atoms with Gasteiger partial charge < -0.3 is 14.5 Å². The lowest BCUT2D eigenvalue weighted by Gasteiger charge is -2.42. The fraction of sp³-hybridized carbons (Fsp3) is 0.722. The van der Waals surface area contributed by atoms with Gasteiger partial charge in [-0.05, 0) is 19.8 Å². The maximum absolute atomic E-state index is 13.0. The van der Waals surface area contributed by atoms with Gasteiger partial charge in [0.05, 0.1) is 31.0 Å². The number of rotatable bonds is 6. The molecule has 1 atom stereocenters. The van der Waals surface area contributed by atoms with Crippen molar-refractivity contribution in [1.82, 2.24) is 19.6 Å². The average molecular weight is 363 g/mol. The van der Waals surface area contributed by atoms with Gasteiger partial charge in [-0.1, -0.05) is 0 Å². The molecule has 26 heavy (non-hydrogen) atoms. The molecule has 0 spiro atoms. The summed E-state index contributed by atoms with van der Waals surface area (Å²) in [5, 5.41) is 4.18. The van der Waals surface area contributed by atoms with Crippen LogP contribution in [-0.4, -0.2) is 83.4 Å². The van der Waals surface area contributed by atoms with Crippen molar-refractivity contribution in [1.29, 1.82) is 0 Å². The van der Waals surface area contributed by atoms with Crippen LogP contribution in [0.15, 0.2) is 12.4 Å². The Bertz CT molecular complexity index is 624.